The number of benzene rings is 8. The molecule has 8 aromatic rings. The maximum Gasteiger partial charge on any atom is 0.489 e. The Hall–Kier alpha value is -4.30. The van der Waals surface area contributed by atoms with Crippen LogP contribution in [0.2, 0.25) is 0 Å². The van der Waals surface area contributed by atoms with E-state index < -0.39 is 7.12 Å². The quantitative estimate of drug-likeness (QED) is 0.173. The van der Waals surface area contributed by atoms with Crippen molar-refractivity contribution in [2.24, 2.45) is 0 Å². The Labute approximate surface area is 318 Å². The molecule has 0 fully saturated rings. The Morgan fingerprint density at radius 3 is 1.02 bits per heavy atom. The first-order chi connectivity index (χ1) is 24.4. The summed E-state index contributed by atoms with van der Waals surface area (Å²) in [5, 5.41) is 23.8. The van der Waals surface area contributed by atoms with E-state index in [1.165, 1.54) is 33.0 Å². The summed E-state index contributed by atoms with van der Waals surface area (Å²) >= 11 is 10.2. The zero-order valence-corrected chi connectivity index (χ0v) is 31.7. The molecule has 8 aromatic carbocycles. The maximum absolute atomic E-state index is 9.58. The highest BCUT2D eigenvalue weighted by Crippen LogP contribution is 2.36. The molecule has 8 rings (SSSR count). The maximum atomic E-state index is 9.58. The molecule has 0 heterocycles. The van der Waals surface area contributed by atoms with E-state index >= 15 is 0 Å². The van der Waals surface area contributed by atoms with Gasteiger partial charge in [-0.1, -0.05) is 175 Å². The molecule has 0 atom stereocenters. The molecule has 2 nitrogen and oxygen atoms in total. The summed E-state index contributed by atoms with van der Waals surface area (Å²) in [7, 11) is -1.47. The lowest BCUT2D eigenvalue weighted by molar-refractivity contribution is 0.426. The van der Waals surface area contributed by atoms with Gasteiger partial charge in [0, 0.05) is 13.4 Å². The number of hydrogen-bond donors (Lipinski definition) is 2. The molecule has 0 aliphatic heterocycles. The van der Waals surface area contributed by atoms with E-state index in [1.54, 1.807) is 0 Å². The average molecular weight is 843 g/mol. The van der Waals surface area contributed by atoms with Crippen molar-refractivity contribution in [2.45, 2.75) is 0 Å². The van der Waals surface area contributed by atoms with E-state index in [1.807, 2.05) is 91.0 Å². The SMILES string of the molecule is Brc1ccc(-c2cc3ccccc3cc2-c2ccccc2)cc1.Brc1ccc(Br)cc1.OB(O)c1cc2ccccc2cc1-c1ccccc1. The average Bonchev–Trinajstić information content (AvgIpc) is 3.16. The molecule has 2 N–H and O–H groups in total. The lowest BCUT2D eigenvalue weighted by Gasteiger charge is -2.13. The Bertz CT molecular complexity index is 2290. The van der Waals surface area contributed by atoms with Crippen molar-refractivity contribution in [2.75, 3.05) is 0 Å². The van der Waals surface area contributed by atoms with Gasteiger partial charge in [-0.2, -0.15) is 0 Å². The lowest BCUT2D eigenvalue weighted by atomic mass is 9.74. The van der Waals surface area contributed by atoms with Gasteiger partial charge in [0.15, 0.2) is 0 Å². The molecule has 0 saturated heterocycles. The van der Waals surface area contributed by atoms with Gasteiger partial charge >= 0.3 is 7.12 Å². The van der Waals surface area contributed by atoms with Gasteiger partial charge in [-0.05, 0) is 115 Å². The van der Waals surface area contributed by atoms with Gasteiger partial charge in [0.1, 0.15) is 0 Å². The Balaban J connectivity index is 0.000000144. The highest BCUT2D eigenvalue weighted by Gasteiger charge is 2.18. The van der Waals surface area contributed by atoms with Crippen LogP contribution in [0.25, 0.3) is 54.9 Å². The Morgan fingerprint density at radius 2 is 0.620 bits per heavy atom. The largest absolute Gasteiger partial charge is 0.489 e. The lowest BCUT2D eigenvalue weighted by Crippen LogP contribution is -2.31. The van der Waals surface area contributed by atoms with Crippen LogP contribution < -0.4 is 5.46 Å². The minimum Gasteiger partial charge on any atom is -0.423 e. The summed E-state index contributed by atoms with van der Waals surface area (Å²) in [6.45, 7) is 0. The van der Waals surface area contributed by atoms with E-state index in [2.05, 4.69) is 139 Å². The van der Waals surface area contributed by atoms with Crippen LogP contribution in [0, 0.1) is 0 Å². The minimum absolute atomic E-state index is 0.532. The van der Waals surface area contributed by atoms with Crippen molar-refractivity contribution in [1.29, 1.82) is 0 Å². The third-order valence-electron chi connectivity index (χ3n) is 8.21. The first-order valence-electron chi connectivity index (χ1n) is 16.1. The van der Waals surface area contributed by atoms with Crippen LogP contribution in [0.1, 0.15) is 0 Å². The molecule has 0 aliphatic carbocycles. The summed E-state index contributed by atoms with van der Waals surface area (Å²) in [6, 6.07) is 61.7. The molecule has 0 radical (unpaired) electrons. The second-order valence-electron chi connectivity index (χ2n) is 11.6. The van der Waals surface area contributed by atoms with Crippen LogP contribution in [0.15, 0.2) is 195 Å². The van der Waals surface area contributed by atoms with Crippen molar-refractivity contribution in [3.05, 3.63) is 195 Å². The predicted octanol–water partition coefficient (Wildman–Crippen LogP) is 12.3. The van der Waals surface area contributed by atoms with Crippen LogP contribution in [-0.4, -0.2) is 17.2 Å². The first-order valence-corrected chi connectivity index (χ1v) is 18.4. The minimum atomic E-state index is -1.47. The zero-order chi connectivity index (χ0) is 34.9. The zero-order valence-electron chi connectivity index (χ0n) is 26.9. The fraction of sp³-hybridized carbons (Fsp3) is 0. The second kappa shape index (κ2) is 17.1. The van der Waals surface area contributed by atoms with Crippen LogP contribution in [0.5, 0.6) is 0 Å². The monoisotopic (exact) mass is 840 g/mol. The summed E-state index contributed by atoms with van der Waals surface area (Å²) in [5.74, 6) is 0. The third-order valence-corrected chi connectivity index (χ3v) is 9.80. The van der Waals surface area contributed by atoms with Crippen LogP contribution >= 0.6 is 47.8 Å². The molecule has 244 valence electrons. The normalized spacial score (nSPS) is 10.5. The van der Waals surface area contributed by atoms with Crippen LogP contribution in [0.3, 0.4) is 0 Å². The van der Waals surface area contributed by atoms with Gasteiger partial charge in [-0.25, -0.2) is 0 Å². The Kier molecular flexibility index (Phi) is 12.1. The molecule has 0 unspecified atom stereocenters. The van der Waals surface area contributed by atoms with Crippen molar-refractivity contribution in [3.63, 3.8) is 0 Å². The van der Waals surface area contributed by atoms with E-state index in [9.17, 15) is 10.0 Å². The van der Waals surface area contributed by atoms with E-state index in [-0.39, 0.29) is 0 Å². The van der Waals surface area contributed by atoms with Crippen molar-refractivity contribution in [1.82, 2.24) is 0 Å². The van der Waals surface area contributed by atoms with Crippen LogP contribution in [-0.2, 0) is 0 Å². The highest BCUT2D eigenvalue weighted by atomic mass is 79.9. The highest BCUT2D eigenvalue weighted by molar-refractivity contribution is 9.11. The fourth-order valence-electron chi connectivity index (χ4n) is 5.73. The van der Waals surface area contributed by atoms with Crippen molar-refractivity contribution < 1.29 is 10.0 Å². The van der Waals surface area contributed by atoms with Crippen molar-refractivity contribution >= 4 is 81.9 Å². The number of hydrogen-bond acceptors (Lipinski definition) is 2. The molecule has 0 amide bonds. The third kappa shape index (κ3) is 9.08. The van der Waals surface area contributed by atoms with E-state index in [0.29, 0.717) is 5.46 Å². The first kappa shape index (κ1) is 35.5. The van der Waals surface area contributed by atoms with Gasteiger partial charge < -0.3 is 10.0 Å². The molecular formula is C44H32BBr3O2. The standard InChI is InChI=1S/C22H15Br.C16H13BO2.C6H4Br2/c23-20-12-10-17(11-13-20)22-15-19-9-5-4-8-18(19)14-21(22)16-6-2-1-3-7-16;18-17(19)16-11-14-9-5-4-8-13(14)10-15(16)12-6-2-1-3-7-12;7-5-1-2-6(8)4-3-5/h1-15H;1-11,18-19H;1-4H. The predicted molar refractivity (Wildman–Crippen MR) is 224 cm³/mol. The van der Waals surface area contributed by atoms with Crippen molar-refractivity contribution in [3.8, 4) is 33.4 Å². The number of halogens is 3. The fourth-order valence-corrected chi connectivity index (χ4v) is 6.53. The smallest absolute Gasteiger partial charge is 0.423 e. The summed E-state index contributed by atoms with van der Waals surface area (Å²) in [5.41, 5.74) is 7.39. The van der Waals surface area contributed by atoms with Crippen LogP contribution in [0.4, 0.5) is 0 Å². The molecule has 0 aliphatic rings. The van der Waals surface area contributed by atoms with Gasteiger partial charge in [0.05, 0.1) is 0 Å². The van der Waals surface area contributed by atoms with Gasteiger partial charge in [-0.3, -0.25) is 0 Å². The summed E-state index contributed by atoms with van der Waals surface area (Å²) < 4.78 is 3.32. The molecule has 0 saturated carbocycles. The van der Waals surface area contributed by atoms with Gasteiger partial charge in [0.25, 0.3) is 0 Å². The second-order valence-corrected chi connectivity index (χ2v) is 14.3. The van der Waals surface area contributed by atoms with E-state index in [4.69, 9.17) is 0 Å². The molecule has 6 heteroatoms. The van der Waals surface area contributed by atoms with E-state index in [0.717, 1.165) is 35.3 Å². The van der Waals surface area contributed by atoms with Gasteiger partial charge in [-0.15, -0.1) is 0 Å². The summed E-state index contributed by atoms with van der Waals surface area (Å²) in [4.78, 5) is 0. The summed E-state index contributed by atoms with van der Waals surface area (Å²) in [6.07, 6.45) is 0. The molecule has 50 heavy (non-hydrogen) atoms. The molecule has 0 bridgehead atoms. The number of fused-ring (bicyclic) bond motifs is 2. The number of rotatable bonds is 4. The topological polar surface area (TPSA) is 40.5 Å². The van der Waals surface area contributed by atoms with Gasteiger partial charge in [0.2, 0.25) is 0 Å². The molecular weight excluding hydrogens is 811 g/mol. The Morgan fingerprint density at radius 1 is 0.320 bits per heavy atom. The molecule has 0 aromatic heterocycles. The molecule has 0 spiro atoms.